The Hall–Kier alpha value is -0.950. The van der Waals surface area contributed by atoms with Crippen molar-refractivity contribution in [1.82, 2.24) is 4.98 Å². The minimum Gasteiger partial charge on any atom is -0.437 e. The fourth-order valence-corrected chi connectivity index (χ4v) is 1.89. The molecule has 0 amide bonds. The number of carbonyl (C=O) groups is 1. The van der Waals surface area contributed by atoms with Gasteiger partial charge in [-0.3, -0.25) is 0 Å². The van der Waals surface area contributed by atoms with E-state index in [-0.39, 0.29) is 10.9 Å². The maximum atomic E-state index is 10.7. The molecule has 0 aliphatic carbocycles. The highest BCUT2D eigenvalue weighted by atomic mass is 32.2. The van der Waals surface area contributed by atoms with Crippen molar-refractivity contribution in [2.24, 2.45) is 0 Å². The molecule has 0 fully saturated rings. The molecule has 5 nitrogen and oxygen atoms in total. The Bertz CT molecular complexity index is 313. The van der Waals surface area contributed by atoms with Crippen LogP contribution in [-0.2, 0) is 4.74 Å². The number of thioether (sulfide) groups is 1. The molecule has 0 saturated heterocycles. The minimum atomic E-state index is -0.789. The summed E-state index contributed by atoms with van der Waals surface area (Å²) in [5, 5.41) is 0.274. The third-order valence-electron chi connectivity index (χ3n) is 1.12. The standard InChI is InChI=1S/C6H8N2O3S2/c1-10-6(9)11-4-3(7)8-5(12-2)13-4/h7H2,1-2H3. The van der Waals surface area contributed by atoms with E-state index in [0.717, 1.165) is 4.34 Å². The Morgan fingerprint density at radius 2 is 2.38 bits per heavy atom. The molecule has 0 aliphatic rings. The lowest BCUT2D eigenvalue weighted by Crippen LogP contribution is -2.07. The molecule has 0 aliphatic heterocycles. The van der Waals surface area contributed by atoms with Crippen molar-refractivity contribution in [1.29, 1.82) is 0 Å². The summed E-state index contributed by atoms with van der Waals surface area (Å²) in [4.78, 5) is 14.6. The van der Waals surface area contributed by atoms with Crippen LogP contribution in [0.5, 0.6) is 5.06 Å². The molecule has 0 aromatic carbocycles. The molecular weight excluding hydrogens is 212 g/mol. The zero-order chi connectivity index (χ0) is 9.84. The predicted octanol–water partition coefficient (Wildman–Crippen LogP) is 1.59. The number of anilines is 1. The van der Waals surface area contributed by atoms with Crippen molar-refractivity contribution >= 4 is 35.1 Å². The van der Waals surface area contributed by atoms with Gasteiger partial charge in [-0.1, -0.05) is 23.1 Å². The fourth-order valence-electron chi connectivity index (χ4n) is 0.576. The average Bonchev–Trinajstić information content (AvgIpc) is 2.47. The van der Waals surface area contributed by atoms with E-state index in [9.17, 15) is 4.79 Å². The lowest BCUT2D eigenvalue weighted by molar-refractivity contribution is 0.123. The number of nitrogens with zero attached hydrogens (tertiary/aromatic N) is 1. The third-order valence-corrected chi connectivity index (χ3v) is 3.05. The minimum absolute atomic E-state index is 0.208. The van der Waals surface area contributed by atoms with Gasteiger partial charge in [0.05, 0.1) is 7.11 Å². The van der Waals surface area contributed by atoms with Crippen molar-refractivity contribution in [3.05, 3.63) is 0 Å². The van der Waals surface area contributed by atoms with Gasteiger partial charge in [0.25, 0.3) is 0 Å². The Morgan fingerprint density at radius 1 is 1.69 bits per heavy atom. The Morgan fingerprint density at radius 3 is 2.85 bits per heavy atom. The van der Waals surface area contributed by atoms with Gasteiger partial charge >= 0.3 is 6.16 Å². The van der Waals surface area contributed by atoms with Gasteiger partial charge in [-0.05, 0) is 6.26 Å². The number of hydrogen-bond donors (Lipinski definition) is 1. The maximum Gasteiger partial charge on any atom is 0.514 e. The van der Waals surface area contributed by atoms with Gasteiger partial charge in [0, 0.05) is 0 Å². The topological polar surface area (TPSA) is 74.4 Å². The lowest BCUT2D eigenvalue weighted by atomic mass is 10.8. The molecule has 0 radical (unpaired) electrons. The quantitative estimate of drug-likeness (QED) is 0.602. The Labute approximate surface area is 83.2 Å². The van der Waals surface area contributed by atoms with E-state index >= 15 is 0 Å². The molecule has 7 heteroatoms. The van der Waals surface area contributed by atoms with Crippen molar-refractivity contribution in [3.63, 3.8) is 0 Å². The Kier molecular flexibility index (Phi) is 3.38. The smallest absolute Gasteiger partial charge is 0.437 e. The summed E-state index contributed by atoms with van der Waals surface area (Å²) >= 11 is 2.64. The van der Waals surface area contributed by atoms with Crippen LogP contribution in [0, 0.1) is 0 Å². The molecule has 72 valence electrons. The van der Waals surface area contributed by atoms with Crippen molar-refractivity contribution < 1.29 is 14.3 Å². The van der Waals surface area contributed by atoms with Crippen LogP contribution in [0.25, 0.3) is 0 Å². The fraction of sp³-hybridized carbons (Fsp3) is 0.333. The summed E-state index contributed by atoms with van der Waals surface area (Å²) in [6.45, 7) is 0. The number of rotatable bonds is 2. The average molecular weight is 220 g/mol. The summed E-state index contributed by atoms with van der Waals surface area (Å²) in [5.41, 5.74) is 5.47. The molecular formula is C6H8N2O3S2. The molecule has 0 atom stereocenters. The van der Waals surface area contributed by atoms with Crippen LogP contribution in [0.2, 0.25) is 0 Å². The number of methoxy groups -OCH3 is 1. The summed E-state index contributed by atoms with van der Waals surface area (Å²) in [5.74, 6) is 0.208. The summed E-state index contributed by atoms with van der Waals surface area (Å²) < 4.78 is 9.79. The number of nitrogen functional groups attached to an aromatic ring is 1. The molecule has 0 spiro atoms. The van der Waals surface area contributed by atoms with Gasteiger partial charge in [-0.2, -0.15) is 0 Å². The molecule has 1 heterocycles. The molecule has 2 N–H and O–H groups in total. The number of aromatic nitrogens is 1. The predicted molar refractivity (Wildman–Crippen MR) is 51.3 cm³/mol. The van der Waals surface area contributed by atoms with Crippen molar-refractivity contribution in [2.45, 2.75) is 4.34 Å². The number of nitrogens with two attached hydrogens (primary N) is 1. The van der Waals surface area contributed by atoms with Gasteiger partial charge in [0.1, 0.15) is 0 Å². The molecule has 1 aromatic rings. The summed E-state index contributed by atoms with van der Waals surface area (Å²) in [7, 11) is 1.23. The number of ether oxygens (including phenoxy) is 2. The highest BCUT2D eigenvalue weighted by molar-refractivity contribution is 8.00. The van der Waals surface area contributed by atoms with Crippen molar-refractivity contribution in [3.8, 4) is 5.06 Å². The van der Waals surface area contributed by atoms with Crippen LogP contribution in [0.1, 0.15) is 0 Å². The van der Waals surface area contributed by atoms with Crippen LogP contribution in [-0.4, -0.2) is 24.5 Å². The van der Waals surface area contributed by atoms with Gasteiger partial charge < -0.3 is 15.2 Å². The van der Waals surface area contributed by atoms with Crippen LogP contribution in [0.15, 0.2) is 4.34 Å². The van der Waals surface area contributed by atoms with Gasteiger partial charge in [0.2, 0.25) is 5.06 Å². The van der Waals surface area contributed by atoms with E-state index in [2.05, 4.69) is 9.72 Å². The van der Waals surface area contributed by atoms with Crippen LogP contribution < -0.4 is 10.5 Å². The number of hydrogen-bond acceptors (Lipinski definition) is 7. The molecule has 0 bridgehead atoms. The van der Waals surface area contributed by atoms with Gasteiger partial charge in [-0.15, -0.1) is 0 Å². The summed E-state index contributed by atoms with van der Waals surface area (Å²) in [6.07, 6.45) is 1.07. The zero-order valence-corrected chi connectivity index (χ0v) is 8.70. The molecule has 13 heavy (non-hydrogen) atoms. The normalized spacial score (nSPS) is 9.69. The first-order valence-electron chi connectivity index (χ1n) is 3.23. The molecule has 1 aromatic heterocycles. The molecule has 0 saturated carbocycles. The van der Waals surface area contributed by atoms with E-state index < -0.39 is 6.16 Å². The first-order valence-corrected chi connectivity index (χ1v) is 5.27. The van der Waals surface area contributed by atoms with Crippen LogP contribution in [0.3, 0.4) is 0 Å². The van der Waals surface area contributed by atoms with Gasteiger partial charge in [-0.25, -0.2) is 9.78 Å². The molecule has 0 unspecified atom stereocenters. The van der Waals surface area contributed by atoms with E-state index in [0.29, 0.717) is 0 Å². The zero-order valence-electron chi connectivity index (χ0n) is 7.07. The third kappa shape index (κ3) is 2.49. The first-order chi connectivity index (χ1) is 6.17. The maximum absolute atomic E-state index is 10.7. The largest absolute Gasteiger partial charge is 0.514 e. The second-order valence-corrected chi connectivity index (χ2v) is 3.93. The lowest BCUT2D eigenvalue weighted by Gasteiger charge is -1.97. The Balaban J connectivity index is 2.76. The van der Waals surface area contributed by atoms with Crippen LogP contribution in [0.4, 0.5) is 10.6 Å². The van der Waals surface area contributed by atoms with Crippen molar-refractivity contribution in [2.75, 3.05) is 19.1 Å². The van der Waals surface area contributed by atoms with Gasteiger partial charge in [0.15, 0.2) is 10.2 Å². The first kappa shape index (κ1) is 10.1. The van der Waals surface area contributed by atoms with E-state index in [1.54, 1.807) is 0 Å². The van der Waals surface area contributed by atoms with E-state index in [1.165, 1.54) is 30.2 Å². The number of thiazole rings is 1. The highest BCUT2D eigenvalue weighted by Crippen LogP contribution is 2.34. The summed E-state index contributed by atoms with van der Waals surface area (Å²) in [6, 6.07) is 0. The van der Waals surface area contributed by atoms with E-state index in [4.69, 9.17) is 10.5 Å². The second-order valence-electron chi connectivity index (χ2n) is 1.91. The second kappa shape index (κ2) is 4.33. The van der Waals surface area contributed by atoms with Crippen LogP contribution >= 0.6 is 23.1 Å². The monoisotopic (exact) mass is 220 g/mol. The van der Waals surface area contributed by atoms with E-state index in [1.807, 2.05) is 6.26 Å². The SMILES string of the molecule is COC(=O)Oc1sc(SC)nc1N. The highest BCUT2D eigenvalue weighted by Gasteiger charge is 2.13. The molecule has 1 rings (SSSR count). The number of carbonyl (C=O) groups excluding carboxylic acids is 1.